The van der Waals surface area contributed by atoms with E-state index in [1.165, 1.54) is 0 Å². The van der Waals surface area contributed by atoms with Crippen LogP contribution in [0, 0.1) is 0 Å². The quantitative estimate of drug-likeness (QED) is 0.926. The number of urea groups is 1. The number of benzene rings is 1. The van der Waals surface area contributed by atoms with Crippen LogP contribution in [0.25, 0.3) is 0 Å². The summed E-state index contributed by atoms with van der Waals surface area (Å²) in [6.07, 6.45) is 3.89. The van der Waals surface area contributed by atoms with E-state index in [9.17, 15) is 4.79 Å². The third-order valence-electron chi connectivity index (χ3n) is 3.87. The summed E-state index contributed by atoms with van der Waals surface area (Å²) in [4.78, 5) is 22.1. The first-order valence-electron chi connectivity index (χ1n) is 7.67. The van der Waals surface area contributed by atoms with Crippen LogP contribution in [0.1, 0.15) is 6.42 Å². The number of hydrogen-bond donors (Lipinski definition) is 1. The summed E-state index contributed by atoms with van der Waals surface area (Å²) in [6, 6.07) is 7.21. The Morgan fingerprint density at radius 3 is 2.96 bits per heavy atom. The molecule has 1 aromatic heterocycles. The van der Waals surface area contributed by atoms with Crippen LogP contribution in [0.4, 0.5) is 10.5 Å². The molecular weight excluding hydrogens is 312 g/mol. The Kier molecular flexibility index (Phi) is 3.78. The molecule has 1 saturated heterocycles. The average Bonchev–Trinajstić information content (AvgIpc) is 3.24. The highest BCUT2D eigenvalue weighted by Gasteiger charge is 2.28. The average molecular weight is 328 g/mol. The maximum atomic E-state index is 12.4. The molecule has 0 saturated carbocycles. The minimum Gasteiger partial charge on any atom is -0.458 e. The first-order valence-corrected chi connectivity index (χ1v) is 7.67. The van der Waals surface area contributed by atoms with Gasteiger partial charge in [-0.1, -0.05) is 0 Å². The standard InChI is InChI=1S/C16H16N4O4/c21-16(19-11-2-3-13-14(8-11)23-10-22-13)20-7-4-12(9-20)24-15-17-5-1-6-18-15/h1-3,5-6,8,12H,4,7,9-10H2,(H,19,21)/t12-/m0/s1. The van der Waals surface area contributed by atoms with Gasteiger partial charge in [-0.05, 0) is 18.2 Å². The number of aromatic nitrogens is 2. The van der Waals surface area contributed by atoms with Gasteiger partial charge in [0, 0.05) is 37.1 Å². The van der Waals surface area contributed by atoms with Crippen molar-refractivity contribution in [2.24, 2.45) is 0 Å². The first kappa shape index (κ1) is 14.6. The van der Waals surface area contributed by atoms with Gasteiger partial charge in [0.2, 0.25) is 6.79 Å². The number of carbonyl (C=O) groups is 1. The van der Waals surface area contributed by atoms with Gasteiger partial charge in [-0.15, -0.1) is 0 Å². The summed E-state index contributed by atoms with van der Waals surface area (Å²) in [6.45, 7) is 1.32. The van der Waals surface area contributed by atoms with Gasteiger partial charge >= 0.3 is 12.0 Å². The fraction of sp³-hybridized carbons (Fsp3) is 0.312. The largest absolute Gasteiger partial charge is 0.458 e. The van der Waals surface area contributed by atoms with Crippen molar-refractivity contribution in [2.75, 3.05) is 25.2 Å². The van der Waals surface area contributed by atoms with Gasteiger partial charge in [-0.2, -0.15) is 0 Å². The monoisotopic (exact) mass is 328 g/mol. The third kappa shape index (κ3) is 3.03. The van der Waals surface area contributed by atoms with E-state index in [1.807, 2.05) is 0 Å². The van der Waals surface area contributed by atoms with E-state index < -0.39 is 0 Å². The molecule has 24 heavy (non-hydrogen) atoms. The molecule has 124 valence electrons. The molecule has 0 bridgehead atoms. The Balaban J connectivity index is 1.34. The third-order valence-corrected chi connectivity index (χ3v) is 3.87. The number of carbonyl (C=O) groups excluding carboxylic acids is 1. The maximum absolute atomic E-state index is 12.4. The van der Waals surface area contributed by atoms with Crippen molar-refractivity contribution in [3.63, 3.8) is 0 Å². The normalized spacial score (nSPS) is 18.5. The number of rotatable bonds is 3. The molecular formula is C16H16N4O4. The minimum atomic E-state index is -0.172. The molecule has 1 aromatic carbocycles. The Hall–Kier alpha value is -3.03. The highest BCUT2D eigenvalue weighted by molar-refractivity contribution is 5.90. The Labute approximate surface area is 138 Å². The zero-order valence-electron chi connectivity index (χ0n) is 12.8. The molecule has 1 atom stereocenters. The van der Waals surface area contributed by atoms with E-state index in [4.69, 9.17) is 14.2 Å². The maximum Gasteiger partial charge on any atom is 0.321 e. The number of ether oxygens (including phenoxy) is 3. The molecule has 0 aliphatic carbocycles. The molecule has 1 fully saturated rings. The Morgan fingerprint density at radius 1 is 1.25 bits per heavy atom. The lowest BCUT2D eigenvalue weighted by atomic mass is 10.3. The lowest BCUT2D eigenvalue weighted by Gasteiger charge is -2.17. The van der Waals surface area contributed by atoms with Crippen LogP contribution in [0.3, 0.4) is 0 Å². The van der Waals surface area contributed by atoms with Gasteiger partial charge in [-0.25, -0.2) is 14.8 Å². The fourth-order valence-corrected chi connectivity index (χ4v) is 2.68. The number of likely N-dealkylation sites (tertiary alicyclic amines) is 1. The summed E-state index contributed by atoms with van der Waals surface area (Å²) >= 11 is 0. The van der Waals surface area contributed by atoms with E-state index >= 15 is 0 Å². The minimum absolute atomic E-state index is 0.102. The van der Waals surface area contributed by atoms with Crippen LogP contribution in [0.5, 0.6) is 17.5 Å². The highest BCUT2D eigenvalue weighted by atomic mass is 16.7. The molecule has 1 N–H and O–H groups in total. The number of hydrogen-bond acceptors (Lipinski definition) is 6. The summed E-state index contributed by atoms with van der Waals surface area (Å²) in [5, 5.41) is 2.86. The number of fused-ring (bicyclic) bond motifs is 1. The Bertz CT molecular complexity index is 740. The van der Waals surface area contributed by atoms with E-state index in [0.29, 0.717) is 36.3 Å². The fourth-order valence-electron chi connectivity index (χ4n) is 2.68. The first-order chi connectivity index (χ1) is 11.8. The van der Waals surface area contributed by atoms with Crippen molar-refractivity contribution in [2.45, 2.75) is 12.5 Å². The topological polar surface area (TPSA) is 85.8 Å². The second kappa shape index (κ2) is 6.23. The summed E-state index contributed by atoms with van der Waals surface area (Å²) < 4.78 is 16.2. The molecule has 2 amide bonds. The van der Waals surface area contributed by atoms with Crippen molar-refractivity contribution >= 4 is 11.7 Å². The van der Waals surface area contributed by atoms with Crippen LogP contribution in [-0.2, 0) is 0 Å². The predicted molar refractivity (Wildman–Crippen MR) is 84.2 cm³/mol. The molecule has 3 heterocycles. The second-order valence-corrected chi connectivity index (χ2v) is 5.50. The van der Waals surface area contributed by atoms with Crippen LogP contribution in [-0.4, -0.2) is 46.9 Å². The van der Waals surface area contributed by atoms with Crippen molar-refractivity contribution in [3.05, 3.63) is 36.7 Å². The summed E-state index contributed by atoms with van der Waals surface area (Å²) in [5.74, 6) is 1.32. The Morgan fingerprint density at radius 2 is 2.08 bits per heavy atom. The van der Waals surface area contributed by atoms with Crippen LogP contribution in [0.15, 0.2) is 36.7 Å². The molecule has 8 heteroatoms. The molecule has 4 rings (SSSR count). The lowest BCUT2D eigenvalue weighted by Crippen LogP contribution is -2.34. The summed E-state index contributed by atoms with van der Waals surface area (Å²) in [7, 11) is 0. The predicted octanol–water partition coefficient (Wildman–Crippen LogP) is 1.89. The molecule has 2 aliphatic rings. The van der Waals surface area contributed by atoms with Crippen molar-refractivity contribution in [3.8, 4) is 17.5 Å². The molecule has 2 aromatic rings. The number of amides is 2. The highest BCUT2D eigenvalue weighted by Crippen LogP contribution is 2.34. The number of nitrogens with one attached hydrogen (secondary N) is 1. The molecule has 2 aliphatic heterocycles. The van der Waals surface area contributed by atoms with Crippen LogP contribution >= 0.6 is 0 Å². The van der Waals surface area contributed by atoms with Crippen LogP contribution < -0.4 is 19.5 Å². The van der Waals surface area contributed by atoms with Crippen molar-refractivity contribution < 1.29 is 19.0 Å². The van der Waals surface area contributed by atoms with Gasteiger partial charge in [0.15, 0.2) is 11.5 Å². The molecule has 0 radical (unpaired) electrons. The van der Waals surface area contributed by atoms with E-state index in [1.54, 1.807) is 41.6 Å². The van der Waals surface area contributed by atoms with Crippen molar-refractivity contribution in [1.82, 2.24) is 14.9 Å². The lowest BCUT2D eigenvalue weighted by molar-refractivity contribution is 0.174. The van der Waals surface area contributed by atoms with Crippen molar-refractivity contribution in [1.29, 1.82) is 0 Å². The van der Waals surface area contributed by atoms with Gasteiger partial charge in [0.1, 0.15) is 6.10 Å². The molecule has 0 unspecified atom stereocenters. The summed E-state index contributed by atoms with van der Waals surface area (Å²) in [5.41, 5.74) is 0.667. The number of nitrogens with zero attached hydrogens (tertiary/aromatic N) is 3. The zero-order valence-corrected chi connectivity index (χ0v) is 12.8. The number of anilines is 1. The van der Waals surface area contributed by atoms with E-state index in [0.717, 1.165) is 6.42 Å². The molecule has 8 nitrogen and oxygen atoms in total. The van der Waals surface area contributed by atoms with E-state index in [2.05, 4.69) is 15.3 Å². The zero-order chi connectivity index (χ0) is 16.4. The van der Waals surface area contributed by atoms with Gasteiger partial charge < -0.3 is 24.4 Å². The van der Waals surface area contributed by atoms with E-state index in [-0.39, 0.29) is 18.9 Å². The SMILES string of the molecule is O=C(Nc1ccc2c(c1)OCO2)N1CC[C@H](Oc2ncccn2)C1. The van der Waals surface area contributed by atoms with Gasteiger partial charge in [-0.3, -0.25) is 0 Å². The molecule has 0 spiro atoms. The van der Waals surface area contributed by atoms with Crippen LogP contribution in [0.2, 0.25) is 0 Å². The van der Waals surface area contributed by atoms with Gasteiger partial charge in [0.25, 0.3) is 0 Å². The second-order valence-electron chi connectivity index (χ2n) is 5.50. The smallest absolute Gasteiger partial charge is 0.321 e. The van der Waals surface area contributed by atoms with Gasteiger partial charge in [0.05, 0.1) is 6.54 Å².